The van der Waals surface area contributed by atoms with Crippen molar-refractivity contribution in [1.29, 1.82) is 0 Å². The number of rotatable bonds is 5. The number of nitrogens with one attached hydrogen (secondary N) is 1. The van der Waals surface area contributed by atoms with Gasteiger partial charge in [0.25, 0.3) is 0 Å². The van der Waals surface area contributed by atoms with E-state index >= 15 is 0 Å². The summed E-state index contributed by atoms with van der Waals surface area (Å²) < 4.78 is 5.47. The van der Waals surface area contributed by atoms with Crippen molar-refractivity contribution in [2.45, 2.75) is 58.6 Å². The van der Waals surface area contributed by atoms with Crippen molar-refractivity contribution >= 4 is 11.7 Å². The van der Waals surface area contributed by atoms with E-state index in [1.54, 1.807) is 0 Å². The Kier molecular flexibility index (Phi) is 6.25. The largest absolute Gasteiger partial charge is 0.444 e. The Morgan fingerprint density at radius 3 is 2.52 bits per heavy atom. The lowest BCUT2D eigenvalue weighted by Gasteiger charge is -2.33. The molecule has 4 nitrogen and oxygen atoms in total. The monoisotopic (exact) mass is 370 g/mol. The number of hydrogen-bond donors (Lipinski definition) is 1. The van der Waals surface area contributed by atoms with Crippen LogP contribution >= 0.6 is 0 Å². The first kappa shape index (κ1) is 19.9. The summed E-state index contributed by atoms with van der Waals surface area (Å²) in [6.07, 6.45) is 5.60. The molecule has 4 heteroatoms. The molecule has 2 atom stereocenters. The second kappa shape index (κ2) is 8.47. The number of hydrogen-bond acceptors (Lipinski definition) is 3. The molecule has 1 saturated heterocycles. The molecule has 3 rings (SSSR count). The summed E-state index contributed by atoms with van der Waals surface area (Å²) in [5, 5.41) is 3.74. The highest BCUT2D eigenvalue weighted by atomic mass is 16.6. The zero-order valence-corrected chi connectivity index (χ0v) is 17.2. The van der Waals surface area contributed by atoms with Crippen LogP contribution in [0, 0.1) is 11.8 Å². The first-order chi connectivity index (χ1) is 12.8. The van der Waals surface area contributed by atoms with E-state index in [1.165, 1.54) is 17.6 Å². The number of piperidine rings is 1. The molecule has 2 unspecified atom stereocenters. The molecule has 2 aliphatic rings. The number of nitrogens with zero attached hydrogens (tertiary/aromatic N) is 1. The van der Waals surface area contributed by atoms with Gasteiger partial charge < -0.3 is 15.0 Å². The summed E-state index contributed by atoms with van der Waals surface area (Å²) in [4.78, 5) is 14.0. The molecule has 0 bridgehead atoms. The Bertz CT molecular complexity index is 655. The van der Waals surface area contributed by atoms with Gasteiger partial charge in [-0.05, 0) is 76.5 Å². The van der Waals surface area contributed by atoms with Gasteiger partial charge in [-0.15, -0.1) is 0 Å². The van der Waals surface area contributed by atoms with Gasteiger partial charge in [0.1, 0.15) is 5.60 Å². The lowest BCUT2D eigenvalue weighted by atomic mass is 9.97. The molecule has 0 aromatic heterocycles. The van der Waals surface area contributed by atoms with Crippen molar-refractivity contribution in [3.05, 3.63) is 42.0 Å². The van der Waals surface area contributed by atoms with E-state index < -0.39 is 5.60 Å². The van der Waals surface area contributed by atoms with Gasteiger partial charge in [-0.25, -0.2) is 4.79 Å². The number of amides is 1. The molecule has 1 N–H and O–H groups in total. The van der Waals surface area contributed by atoms with E-state index in [-0.39, 0.29) is 6.09 Å². The van der Waals surface area contributed by atoms with Crippen LogP contribution in [0.4, 0.5) is 4.79 Å². The Balaban J connectivity index is 1.36. The molecule has 1 amide bonds. The van der Waals surface area contributed by atoms with Crippen LogP contribution in [0.25, 0.3) is 5.57 Å². The molecular weight excluding hydrogens is 336 g/mol. The van der Waals surface area contributed by atoms with Crippen LogP contribution in [0.5, 0.6) is 0 Å². The fourth-order valence-corrected chi connectivity index (χ4v) is 3.72. The molecule has 27 heavy (non-hydrogen) atoms. The number of likely N-dealkylation sites (tertiary alicyclic amines) is 1. The van der Waals surface area contributed by atoms with Crippen molar-refractivity contribution in [3.63, 3.8) is 0 Å². The zero-order valence-electron chi connectivity index (χ0n) is 17.2. The highest BCUT2D eigenvalue weighted by molar-refractivity contribution is 5.68. The van der Waals surface area contributed by atoms with Gasteiger partial charge >= 0.3 is 6.09 Å². The van der Waals surface area contributed by atoms with E-state index in [9.17, 15) is 4.79 Å². The summed E-state index contributed by atoms with van der Waals surface area (Å²) >= 11 is 0. The summed E-state index contributed by atoms with van der Waals surface area (Å²) in [5.41, 5.74) is 2.27. The molecule has 1 aromatic rings. The summed E-state index contributed by atoms with van der Waals surface area (Å²) in [5.74, 6) is 1.32. The molecular formula is C23H34N2O2. The molecule has 0 radical (unpaired) electrons. The number of benzene rings is 1. The third-order valence-electron chi connectivity index (χ3n) is 5.47. The van der Waals surface area contributed by atoms with Crippen molar-refractivity contribution in [1.82, 2.24) is 10.2 Å². The lowest BCUT2D eigenvalue weighted by molar-refractivity contribution is 0.0184. The zero-order chi connectivity index (χ0) is 19.4. The Morgan fingerprint density at radius 1 is 1.22 bits per heavy atom. The Hall–Kier alpha value is -1.81. The van der Waals surface area contributed by atoms with Crippen molar-refractivity contribution < 1.29 is 9.53 Å². The van der Waals surface area contributed by atoms with Gasteiger partial charge in [0.15, 0.2) is 0 Å². The minimum atomic E-state index is -0.415. The van der Waals surface area contributed by atoms with E-state index in [0.29, 0.717) is 17.9 Å². The van der Waals surface area contributed by atoms with Crippen LogP contribution in [0.2, 0.25) is 0 Å². The van der Waals surface area contributed by atoms with Crippen LogP contribution in [0.3, 0.4) is 0 Å². The Morgan fingerprint density at radius 2 is 1.89 bits per heavy atom. The summed E-state index contributed by atoms with van der Waals surface area (Å²) in [6, 6.07) is 11.2. The van der Waals surface area contributed by atoms with Gasteiger partial charge in [0.05, 0.1) is 0 Å². The molecule has 1 heterocycles. The first-order valence-electron chi connectivity index (χ1n) is 10.3. The summed E-state index contributed by atoms with van der Waals surface area (Å²) in [6.45, 7) is 10.6. The smallest absolute Gasteiger partial charge is 0.410 e. The lowest BCUT2D eigenvalue weighted by Crippen LogP contribution is -2.43. The number of carbonyl (C=O) groups excluding carboxylic acids is 1. The average molecular weight is 371 g/mol. The minimum Gasteiger partial charge on any atom is -0.444 e. The van der Waals surface area contributed by atoms with E-state index in [4.69, 9.17) is 4.74 Å². The second-order valence-corrected chi connectivity index (χ2v) is 9.04. The highest BCUT2D eigenvalue weighted by Gasteiger charge is 2.35. The predicted octanol–water partition coefficient (Wildman–Crippen LogP) is 4.72. The highest BCUT2D eigenvalue weighted by Crippen LogP contribution is 2.34. The van der Waals surface area contributed by atoms with Crippen LogP contribution in [-0.4, -0.2) is 42.3 Å². The predicted molar refractivity (Wildman–Crippen MR) is 111 cm³/mol. The normalized spacial score (nSPS) is 24.0. The van der Waals surface area contributed by atoms with Crippen LogP contribution in [0.15, 0.2) is 36.4 Å². The van der Waals surface area contributed by atoms with Crippen molar-refractivity contribution in [2.24, 2.45) is 11.8 Å². The van der Waals surface area contributed by atoms with Crippen molar-refractivity contribution in [3.8, 4) is 0 Å². The molecule has 1 saturated carbocycles. The third-order valence-corrected chi connectivity index (χ3v) is 5.47. The average Bonchev–Trinajstić information content (AvgIpc) is 3.37. The topological polar surface area (TPSA) is 41.6 Å². The van der Waals surface area contributed by atoms with Crippen LogP contribution in [-0.2, 0) is 4.74 Å². The molecule has 1 aromatic carbocycles. The van der Waals surface area contributed by atoms with Crippen molar-refractivity contribution in [2.75, 3.05) is 19.6 Å². The minimum absolute atomic E-state index is 0.169. The standard InChI is InChI=1S/C23H34N2O2/c1-17(19-8-6-5-7-9-19)14-20-15-21(20)24-16-18-10-12-25(13-11-18)22(26)27-23(2,3)4/h5-9,14,18,20-21,24H,10-13,15-16H2,1-4H3/b17-14+. The fraction of sp³-hybridized carbons (Fsp3) is 0.609. The molecule has 0 spiro atoms. The molecule has 2 fully saturated rings. The van der Waals surface area contributed by atoms with Crippen LogP contribution < -0.4 is 5.32 Å². The SMILES string of the molecule is C/C(=C\C1CC1NCC1CCN(C(=O)OC(C)(C)C)CC1)c1ccccc1. The molecule has 1 aliphatic heterocycles. The van der Waals surface area contributed by atoms with Crippen LogP contribution in [0.1, 0.15) is 52.5 Å². The third kappa shape index (κ3) is 6.10. The maximum Gasteiger partial charge on any atom is 0.410 e. The van der Waals surface area contributed by atoms with Gasteiger partial charge in [-0.3, -0.25) is 0 Å². The molecule has 1 aliphatic carbocycles. The summed E-state index contributed by atoms with van der Waals surface area (Å²) in [7, 11) is 0. The first-order valence-corrected chi connectivity index (χ1v) is 10.3. The van der Waals surface area contributed by atoms with E-state index in [0.717, 1.165) is 32.5 Å². The van der Waals surface area contributed by atoms with Gasteiger partial charge in [-0.1, -0.05) is 36.4 Å². The number of ether oxygens (including phenoxy) is 1. The number of allylic oxidation sites excluding steroid dienone is 1. The molecule has 148 valence electrons. The fourth-order valence-electron chi connectivity index (χ4n) is 3.72. The quantitative estimate of drug-likeness (QED) is 0.816. The maximum absolute atomic E-state index is 12.1. The van der Waals surface area contributed by atoms with E-state index in [2.05, 4.69) is 48.6 Å². The van der Waals surface area contributed by atoms with Gasteiger partial charge in [0.2, 0.25) is 0 Å². The van der Waals surface area contributed by atoms with Gasteiger partial charge in [0, 0.05) is 19.1 Å². The Labute approximate surface area is 164 Å². The second-order valence-electron chi connectivity index (χ2n) is 9.04. The number of carbonyl (C=O) groups is 1. The van der Waals surface area contributed by atoms with E-state index in [1.807, 2.05) is 25.7 Å². The maximum atomic E-state index is 12.1. The van der Waals surface area contributed by atoms with Gasteiger partial charge in [-0.2, -0.15) is 0 Å².